The Morgan fingerprint density at radius 3 is 2.73 bits per heavy atom. The first-order valence-electron chi connectivity index (χ1n) is 6.45. The lowest BCUT2D eigenvalue weighted by atomic mass is 10.2. The number of nitro groups is 1. The molecule has 2 aromatic rings. The summed E-state index contributed by atoms with van der Waals surface area (Å²) in [5.74, 6) is -0.303. The number of rotatable bonds is 4. The SMILES string of the molecule is Cc1ccc(NC(=O)C=Cc2cccc([N+](=O)[O-])c2)cc1Br. The first-order valence-corrected chi connectivity index (χ1v) is 7.24. The minimum Gasteiger partial charge on any atom is -0.322 e. The van der Waals surface area contributed by atoms with E-state index in [1.165, 1.54) is 24.3 Å². The highest BCUT2D eigenvalue weighted by Gasteiger charge is 2.04. The van der Waals surface area contributed by atoms with Gasteiger partial charge in [0.2, 0.25) is 5.91 Å². The molecule has 0 bridgehead atoms. The van der Waals surface area contributed by atoms with E-state index in [0.29, 0.717) is 11.3 Å². The molecule has 0 unspecified atom stereocenters. The Hall–Kier alpha value is -2.47. The third-order valence-electron chi connectivity index (χ3n) is 2.95. The maximum atomic E-state index is 11.9. The van der Waals surface area contributed by atoms with E-state index in [9.17, 15) is 14.9 Å². The number of non-ortho nitro benzene ring substituents is 1. The van der Waals surface area contributed by atoms with Gasteiger partial charge in [0.05, 0.1) is 4.92 Å². The van der Waals surface area contributed by atoms with E-state index in [0.717, 1.165) is 10.0 Å². The first-order chi connectivity index (χ1) is 10.5. The number of carbonyl (C=O) groups excluding carboxylic acids is 1. The summed E-state index contributed by atoms with van der Waals surface area (Å²) < 4.78 is 0.910. The molecule has 5 nitrogen and oxygen atoms in total. The minimum atomic E-state index is -0.471. The number of halogens is 1. The maximum absolute atomic E-state index is 11.9. The van der Waals surface area contributed by atoms with E-state index >= 15 is 0 Å². The van der Waals surface area contributed by atoms with Crippen molar-refractivity contribution >= 4 is 39.3 Å². The van der Waals surface area contributed by atoms with Gasteiger partial charge in [-0.05, 0) is 36.3 Å². The molecule has 1 N–H and O–H groups in total. The van der Waals surface area contributed by atoms with E-state index in [4.69, 9.17) is 0 Å². The van der Waals surface area contributed by atoms with Crippen LogP contribution in [0.25, 0.3) is 6.08 Å². The molecule has 0 aromatic heterocycles. The molecule has 22 heavy (non-hydrogen) atoms. The topological polar surface area (TPSA) is 72.2 Å². The molecule has 2 aromatic carbocycles. The van der Waals surface area contributed by atoms with Gasteiger partial charge < -0.3 is 5.32 Å². The van der Waals surface area contributed by atoms with Crippen LogP contribution in [-0.2, 0) is 4.79 Å². The lowest BCUT2D eigenvalue weighted by molar-refractivity contribution is -0.384. The fourth-order valence-electron chi connectivity index (χ4n) is 1.77. The summed E-state index contributed by atoms with van der Waals surface area (Å²) in [4.78, 5) is 22.1. The van der Waals surface area contributed by atoms with Crippen LogP contribution in [0.5, 0.6) is 0 Å². The first kappa shape index (κ1) is 15.9. The molecule has 0 aliphatic rings. The van der Waals surface area contributed by atoms with Gasteiger partial charge in [0.15, 0.2) is 0 Å². The monoisotopic (exact) mass is 360 g/mol. The van der Waals surface area contributed by atoms with Crippen molar-refractivity contribution in [3.05, 3.63) is 74.3 Å². The van der Waals surface area contributed by atoms with Crippen LogP contribution in [0.2, 0.25) is 0 Å². The Bertz CT molecular complexity index is 757. The molecule has 6 heteroatoms. The highest BCUT2D eigenvalue weighted by Crippen LogP contribution is 2.20. The van der Waals surface area contributed by atoms with E-state index in [1.807, 2.05) is 19.1 Å². The molecule has 112 valence electrons. The number of anilines is 1. The predicted octanol–water partition coefficient (Wildman–Crippen LogP) is 4.32. The Morgan fingerprint density at radius 1 is 1.27 bits per heavy atom. The standard InChI is InChI=1S/C16H13BrN2O3/c1-11-5-7-13(10-15(11)17)18-16(20)8-6-12-3-2-4-14(9-12)19(21)22/h2-10H,1H3,(H,18,20). The highest BCUT2D eigenvalue weighted by molar-refractivity contribution is 9.10. The van der Waals surface area contributed by atoms with Crippen molar-refractivity contribution in [1.82, 2.24) is 0 Å². The smallest absolute Gasteiger partial charge is 0.270 e. The van der Waals surface area contributed by atoms with Crippen LogP contribution in [0, 0.1) is 17.0 Å². The minimum absolute atomic E-state index is 0.00924. The van der Waals surface area contributed by atoms with Crippen molar-refractivity contribution in [2.24, 2.45) is 0 Å². The van der Waals surface area contributed by atoms with Gasteiger partial charge in [0.1, 0.15) is 0 Å². The van der Waals surface area contributed by atoms with Crippen LogP contribution >= 0.6 is 15.9 Å². The van der Waals surface area contributed by atoms with Crippen LogP contribution in [0.3, 0.4) is 0 Å². The molecule has 0 atom stereocenters. The van der Waals surface area contributed by atoms with Crippen molar-refractivity contribution in [2.75, 3.05) is 5.32 Å². The lowest BCUT2D eigenvalue weighted by Crippen LogP contribution is -2.07. The predicted molar refractivity (Wildman–Crippen MR) is 89.6 cm³/mol. The Balaban J connectivity index is 2.06. The third kappa shape index (κ3) is 4.26. The van der Waals surface area contributed by atoms with Crippen molar-refractivity contribution in [3.8, 4) is 0 Å². The van der Waals surface area contributed by atoms with Crippen molar-refractivity contribution < 1.29 is 9.72 Å². The molecule has 0 aliphatic heterocycles. The van der Waals surface area contributed by atoms with Crippen LogP contribution in [-0.4, -0.2) is 10.8 Å². The number of nitro benzene ring substituents is 1. The number of amides is 1. The summed E-state index contributed by atoms with van der Waals surface area (Å²) in [5, 5.41) is 13.4. The lowest BCUT2D eigenvalue weighted by Gasteiger charge is -2.04. The van der Waals surface area contributed by atoms with Crippen molar-refractivity contribution in [1.29, 1.82) is 0 Å². The van der Waals surface area contributed by atoms with E-state index in [1.54, 1.807) is 18.2 Å². The number of hydrogen-bond donors (Lipinski definition) is 1. The van der Waals surface area contributed by atoms with Crippen LogP contribution < -0.4 is 5.32 Å². The van der Waals surface area contributed by atoms with Crippen LogP contribution in [0.4, 0.5) is 11.4 Å². The Labute approximate surface area is 135 Å². The zero-order valence-corrected chi connectivity index (χ0v) is 13.3. The molecule has 1 amide bonds. The van der Waals surface area contributed by atoms with Gasteiger partial charge in [-0.1, -0.05) is 34.1 Å². The van der Waals surface area contributed by atoms with Crippen LogP contribution in [0.15, 0.2) is 53.0 Å². The Kier molecular flexibility index (Phi) is 5.06. The zero-order valence-electron chi connectivity index (χ0n) is 11.7. The summed E-state index contributed by atoms with van der Waals surface area (Å²) in [7, 11) is 0. The van der Waals surface area contributed by atoms with Gasteiger partial charge in [-0.3, -0.25) is 14.9 Å². The number of nitrogens with zero attached hydrogens (tertiary/aromatic N) is 1. The van der Waals surface area contributed by atoms with Gasteiger partial charge in [-0.25, -0.2) is 0 Å². The fraction of sp³-hybridized carbons (Fsp3) is 0.0625. The molecule has 0 saturated heterocycles. The fourth-order valence-corrected chi connectivity index (χ4v) is 2.15. The summed E-state index contributed by atoms with van der Waals surface area (Å²) in [6, 6.07) is 11.6. The average Bonchev–Trinajstić information content (AvgIpc) is 2.49. The summed E-state index contributed by atoms with van der Waals surface area (Å²) >= 11 is 3.40. The van der Waals surface area contributed by atoms with Crippen LogP contribution in [0.1, 0.15) is 11.1 Å². The maximum Gasteiger partial charge on any atom is 0.270 e. The highest BCUT2D eigenvalue weighted by atomic mass is 79.9. The van der Waals surface area contributed by atoms with E-state index in [-0.39, 0.29) is 11.6 Å². The van der Waals surface area contributed by atoms with Gasteiger partial charge >= 0.3 is 0 Å². The third-order valence-corrected chi connectivity index (χ3v) is 3.80. The summed E-state index contributed by atoms with van der Waals surface area (Å²) in [5.41, 5.74) is 2.33. The molecule has 2 rings (SSSR count). The zero-order chi connectivity index (χ0) is 16.1. The quantitative estimate of drug-likeness (QED) is 0.501. The Morgan fingerprint density at radius 2 is 2.05 bits per heavy atom. The second kappa shape index (κ2) is 7.00. The largest absolute Gasteiger partial charge is 0.322 e. The second-order valence-corrected chi connectivity index (χ2v) is 5.49. The number of hydrogen-bond acceptors (Lipinski definition) is 3. The van der Waals surface area contributed by atoms with E-state index < -0.39 is 4.92 Å². The van der Waals surface area contributed by atoms with Gasteiger partial charge in [-0.15, -0.1) is 0 Å². The molecule has 0 saturated carbocycles. The molecule has 0 aliphatic carbocycles. The normalized spacial score (nSPS) is 10.6. The molecule has 0 spiro atoms. The molecule has 0 radical (unpaired) electrons. The van der Waals surface area contributed by atoms with E-state index in [2.05, 4.69) is 21.2 Å². The number of aryl methyl sites for hydroxylation is 1. The van der Waals surface area contributed by atoms with Crippen molar-refractivity contribution in [3.63, 3.8) is 0 Å². The summed E-state index contributed by atoms with van der Waals surface area (Å²) in [6.45, 7) is 1.96. The number of carbonyl (C=O) groups is 1. The van der Waals surface area contributed by atoms with Crippen molar-refractivity contribution in [2.45, 2.75) is 6.92 Å². The van der Waals surface area contributed by atoms with Gasteiger partial charge in [0.25, 0.3) is 5.69 Å². The molecular formula is C16H13BrN2O3. The van der Waals surface area contributed by atoms with Gasteiger partial charge in [-0.2, -0.15) is 0 Å². The average molecular weight is 361 g/mol. The molecule has 0 heterocycles. The van der Waals surface area contributed by atoms with Gasteiger partial charge in [0, 0.05) is 28.4 Å². The second-order valence-electron chi connectivity index (χ2n) is 4.64. The molecular weight excluding hydrogens is 348 g/mol. The number of nitrogens with one attached hydrogen (secondary N) is 1. The summed E-state index contributed by atoms with van der Waals surface area (Å²) in [6.07, 6.45) is 2.87. The number of benzene rings is 2. The molecule has 0 fully saturated rings.